The molecule has 8 nitrogen and oxygen atoms in total. The lowest BCUT2D eigenvalue weighted by Gasteiger charge is -2.26. The van der Waals surface area contributed by atoms with Gasteiger partial charge in [-0.25, -0.2) is 0 Å². The first-order chi connectivity index (χ1) is 13.5. The van der Waals surface area contributed by atoms with Gasteiger partial charge in [0.05, 0.1) is 27.4 Å². The lowest BCUT2D eigenvalue weighted by atomic mass is 9.99. The number of nitrogens with zero attached hydrogens (tertiary/aromatic N) is 3. The molecule has 1 aromatic heterocycles. The number of rotatable bonds is 7. The van der Waals surface area contributed by atoms with E-state index in [1.54, 1.807) is 30.4 Å². The van der Waals surface area contributed by atoms with Crippen molar-refractivity contribution < 1.29 is 23.9 Å². The molecule has 0 fully saturated rings. The Morgan fingerprint density at radius 2 is 1.93 bits per heavy atom. The second-order valence-electron chi connectivity index (χ2n) is 6.80. The number of nitrogens with one attached hydrogen (secondary N) is 1. The predicted octanol–water partition coefficient (Wildman–Crippen LogP) is 0.673. The molecule has 3 rings (SSSR count). The van der Waals surface area contributed by atoms with Gasteiger partial charge in [0.15, 0.2) is 18.2 Å². The smallest absolute Gasteiger partial charge is 0.313 e. The molecule has 1 unspecified atom stereocenters. The summed E-state index contributed by atoms with van der Waals surface area (Å²) in [5, 5.41) is 4.55. The van der Waals surface area contributed by atoms with Crippen LogP contribution in [0, 0.1) is 4.77 Å². The molecular weight excluding hydrogens is 380 g/mol. The quantitative estimate of drug-likeness (QED) is 0.537. The number of carbonyl (C=O) groups is 1. The van der Waals surface area contributed by atoms with Crippen molar-refractivity contribution in [1.29, 1.82) is 0 Å². The summed E-state index contributed by atoms with van der Waals surface area (Å²) in [6.45, 7) is 4.60. The summed E-state index contributed by atoms with van der Waals surface area (Å²) in [6, 6.07) is 4.12. The second-order valence-corrected chi connectivity index (χ2v) is 7.17. The standard InChI is InChI=1S/C19H26N4O4S/c1-5-27-18(24)10-17-20-23(19(28)21(17)2)12-22-7-6-13-8-15(25-3)16(26-4)9-14(13)11-22/h8-9H,5-7,10-12H2,1-4H3/p+1. The van der Waals surface area contributed by atoms with Crippen LogP contribution in [0.4, 0.5) is 0 Å². The van der Waals surface area contributed by atoms with Crippen molar-refractivity contribution in [2.45, 2.75) is 33.0 Å². The Bertz CT molecular complexity index is 921. The fraction of sp³-hybridized carbons (Fsp3) is 0.526. The topological polar surface area (TPSA) is 71.9 Å². The molecule has 0 amide bonds. The van der Waals surface area contributed by atoms with Crippen LogP contribution in [0.3, 0.4) is 0 Å². The van der Waals surface area contributed by atoms with Crippen LogP contribution in [0.25, 0.3) is 0 Å². The fourth-order valence-electron chi connectivity index (χ4n) is 3.51. The molecule has 28 heavy (non-hydrogen) atoms. The van der Waals surface area contributed by atoms with Crippen LogP contribution < -0.4 is 14.4 Å². The highest BCUT2D eigenvalue weighted by Crippen LogP contribution is 2.31. The summed E-state index contributed by atoms with van der Waals surface area (Å²) in [4.78, 5) is 13.1. The first-order valence-corrected chi connectivity index (χ1v) is 9.73. The first kappa shape index (κ1) is 20.3. The SMILES string of the molecule is CCOC(=O)Cc1nn(C[NH+]2CCc3cc(OC)c(OC)cc3C2)c(=S)n1C. The van der Waals surface area contributed by atoms with Crippen LogP contribution in [0.2, 0.25) is 0 Å². The lowest BCUT2D eigenvalue weighted by molar-refractivity contribution is -0.939. The average Bonchev–Trinajstić information content (AvgIpc) is 2.94. The zero-order chi connectivity index (χ0) is 20.3. The molecule has 9 heteroatoms. The molecule has 0 bridgehead atoms. The highest BCUT2D eigenvalue weighted by Gasteiger charge is 2.23. The zero-order valence-corrected chi connectivity index (χ0v) is 17.6. The van der Waals surface area contributed by atoms with Gasteiger partial charge in [0.2, 0.25) is 4.77 Å². The third kappa shape index (κ3) is 4.20. The number of ether oxygens (including phenoxy) is 3. The van der Waals surface area contributed by atoms with Gasteiger partial charge in [-0.05, 0) is 36.8 Å². The van der Waals surface area contributed by atoms with Crippen LogP contribution in [-0.4, -0.2) is 47.7 Å². The van der Waals surface area contributed by atoms with E-state index in [1.807, 2.05) is 7.05 Å². The van der Waals surface area contributed by atoms with Gasteiger partial charge < -0.3 is 23.7 Å². The van der Waals surface area contributed by atoms with E-state index in [-0.39, 0.29) is 12.4 Å². The normalized spacial score (nSPS) is 15.8. The van der Waals surface area contributed by atoms with E-state index in [0.29, 0.717) is 23.9 Å². The minimum absolute atomic E-state index is 0.121. The Balaban J connectivity index is 1.75. The van der Waals surface area contributed by atoms with Gasteiger partial charge in [-0.3, -0.25) is 4.79 Å². The van der Waals surface area contributed by atoms with Crippen LogP contribution >= 0.6 is 12.2 Å². The molecule has 1 aliphatic heterocycles. The molecule has 1 N–H and O–H groups in total. The number of aromatic nitrogens is 3. The Morgan fingerprint density at radius 1 is 1.25 bits per heavy atom. The minimum Gasteiger partial charge on any atom is -0.493 e. The summed E-state index contributed by atoms with van der Waals surface area (Å²) >= 11 is 5.51. The van der Waals surface area contributed by atoms with Crippen molar-refractivity contribution in [2.75, 3.05) is 27.4 Å². The third-order valence-electron chi connectivity index (χ3n) is 5.01. The number of hydrogen-bond acceptors (Lipinski definition) is 6. The highest BCUT2D eigenvalue weighted by atomic mass is 32.1. The summed E-state index contributed by atoms with van der Waals surface area (Å²) in [5.41, 5.74) is 2.53. The molecule has 0 spiro atoms. The van der Waals surface area contributed by atoms with Crippen LogP contribution in [0.15, 0.2) is 12.1 Å². The van der Waals surface area contributed by atoms with E-state index < -0.39 is 0 Å². The summed E-state index contributed by atoms with van der Waals surface area (Å²) in [5.74, 6) is 1.83. The average molecular weight is 408 g/mol. The van der Waals surface area contributed by atoms with E-state index in [2.05, 4.69) is 17.2 Å². The van der Waals surface area contributed by atoms with Crippen molar-refractivity contribution >= 4 is 18.2 Å². The van der Waals surface area contributed by atoms with Gasteiger partial charge in [0.1, 0.15) is 18.8 Å². The maximum Gasteiger partial charge on any atom is 0.313 e. The number of esters is 1. The van der Waals surface area contributed by atoms with E-state index in [0.717, 1.165) is 31.0 Å². The second kappa shape index (κ2) is 8.74. The molecule has 0 saturated heterocycles. The summed E-state index contributed by atoms with van der Waals surface area (Å²) < 4.78 is 20.0. The van der Waals surface area contributed by atoms with Gasteiger partial charge >= 0.3 is 5.97 Å². The number of fused-ring (bicyclic) bond motifs is 1. The monoisotopic (exact) mass is 407 g/mol. The molecular formula is C19H27N4O4S+. The van der Waals surface area contributed by atoms with Crippen molar-refractivity contribution in [3.05, 3.63) is 33.9 Å². The zero-order valence-electron chi connectivity index (χ0n) is 16.8. The van der Waals surface area contributed by atoms with Crippen molar-refractivity contribution in [3.8, 4) is 11.5 Å². The van der Waals surface area contributed by atoms with E-state index in [4.69, 9.17) is 26.4 Å². The van der Waals surface area contributed by atoms with E-state index >= 15 is 0 Å². The van der Waals surface area contributed by atoms with Crippen molar-refractivity contribution in [3.63, 3.8) is 0 Å². The minimum atomic E-state index is -0.293. The molecule has 0 radical (unpaired) electrons. The molecule has 1 aliphatic rings. The van der Waals surface area contributed by atoms with Crippen molar-refractivity contribution in [2.24, 2.45) is 7.05 Å². The van der Waals surface area contributed by atoms with E-state index in [9.17, 15) is 4.79 Å². The van der Waals surface area contributed by atoms with Gasteiger partial charge in [0, 0.05) is 19.0 Å². The molecule has 1 atom stereocenters. The number of methoxy groups -OCH3 is 2. The maximum absolute atomic E-state index is 11.8. The van der Waals surface area contributed by atoms with Gasteiger partial charge in [-0.1, -0.05) is 0 Å². The lowest BCUT2D eigenvalue weighted by Crippen LogP contribution is -3.11. The Labute approximate surface area is 169 Å². The summed E-state index contributed by atoms with van der Waals surface area (Å²) in [7, 11) is 5.13. The maximum atomic E-state index is 11.8. The predicted molar refractivity (Wildman–Crippen MR) is 105 cm³/mol. The van der Waals surface area contributed by atoms with E-state index in [1.165, 1.54) is 16.0 Å². The Kier molecular flexibility index (Phi) is 6.35. The molecule has 0 saturated carbocycles. The molecule has 0 aliphatic carbocycles. The fourth-order valence-corrected chi connectivity index (χ4v) is 3.72. The number of hydrogen-bond donors (Lipinski definition) is 1. The van der Waals surface area contributed by atoms with Crippen LogP contribution in [-0.2, 0) is 42.6 Å². The van der Waals surface area contributed by atoms with Crippen LogP contribution in [0.1, 0.15) is 23.9 Å². The van der Waals surface area contributed by atoms with Crippen molar-refractivity contribution in [1.82, 2.24) is 14.3 Å². The summed E-state index contributed by atoms with van der Waals surface area (Å²) in [6.07, 6.45) is 1.07. The Morgan fingerprint density at radius 3 is 2.57 bits per heavy atom. The highest BCUT2D eigenvalue weighted by molar-refractivity contribution is 7.71. The first-order valence-electron chi connectivity index (χ1n) is 9.32. The van der Waals surface area contributed by atoms with Gasteiger partial charge in [-0.2, -0.15) is 9.78 Å². The van der Waals surface area contributed by atoms with Crippen LogP contribution in [0.5, 0.6) is 11.5 Å². The molecule has 2 heterocycles. The third-order valence-corrected chi connectivity index (χ3v) is 5.49. The molecule has 152 valence electrons. The Hall–Kier alpha value is -2.39. The largest absolute Gasteiger partial charge is 0.493 e. The van der Waals surface area contributed by atoms with Gasteiger partial charge in [0.25, 0.3) is 0 Å². The molecule has 1 aromatic carbocycles. The van der Waals surface area contributed by atoms with Gasteiger partial charge in [-0.15, -0.1) is 0 Å². The number of carbonyl (C=O) groups excluding carboxylic acids is 1. The molecule has 2 aromatic rings. The number of benzene rings is 1. The number of quaternary nitrogens is 1.